The molecular formula is C14H21NO5. The van der Waals surface area contributed by atoms with Crippen molar-refractivity contribution in [2.45, 2.75) is 32.1 Å². The highest BCUT2D eigenvalue weighted by molar-refractivity contribution is 5.74. The van der Waals surface area contributed by atoms with Crippen LogP contribution in [0.25, 0.3) is 0 Å². The topological polar surface area (TPSA) is 99.0 Å². The zero-order valence-corrected chi connectivity index (χ0v) is 11.8. The smallest absolute Gasteiger partial charge is 0.323 e. The molecule has 1 aromatic carbocycles. The van der Waals surface area contributed by atoms with Gasteiger partial charge in [-0.25, -0.2) is 0 Å². The van der Waals surface area contributed by atoms with E-state index in [9.17, 15) is 15.0 Å². The van der Waals surface area contributed by atoms with E-state index in [1.165, 1.54) is 6.92 Å². The zero-order chi connectivity index (χ0) is 15.3. The van der Waals surface area contributed by atoms with Gasteiger partial charge in [-0.05, 0) is 37.1 Å². The van der Waals surface area contributed by atoms with Gasteiger partial charge in [0.2, 0.25) is 0 Å². The van der Waals surface area contributed by atoms with E-state index in [0.717, 1.165) is 11.3 Å². The highest BCUT2D eigenvalue weighted by atomic mass is 16.5. The third-order valence-corrected chi connectivity index (χ3v) is 3.08. The SMILES string of the molecule is COc1ccc(C(O)CNC(C(=O)O)C(C)O)cc1C. The normalized spacial score (nSPS) is 15.4. The maximum atomic E-state index is 10.9. The first-order valence-electron chi connectivity index (χ1n) is 6.33. The molecule has 0 saturated carbocycles. The van der Waals surface area contributed by atoms with E-state index < -0.39 is 24.2 Å². The van der Waals surface area contributed by atoms with Crippen LogP contribution in [0.2, 0.25) is 0 Å². The number of methoxy groups -OCH3 is 1. The molecule has 1 aromatic rings. The fourth-order valence-corrected chi connectivity index (χ4v) is 1.93. The molecule has 112 valence electrons. The van der Waals surface area contributed by atoms with Crippen molar-refractivity contribution in [3.63, 3.8) is 0 Å². The van der Waals surface area contributed by atoms with E-state index in [1.54, 1.807) is 25.3 Å². The van der Waals surface area contributed by atoms with Gasteiger partial charge in [-0.1, -0.05) is 6.07 Å². The van der Waals surface area contributed by atoms with Gasteiger partial charge in [0.25, 0.3) is 0 Å². The largest absolute Gasteiger partial charge is 0.496 e. The molecule has 0 fully saturated rings. The Morgan fingerprint density at radius 1 is 1.40 bits per heavy atom. The summed E-state index contributed by atoms with van der Waals surface area (Å²) >= 11 is 0. The second-order valence-corrected chi connectivity index (χ2v) is 4.71. The van der Waals surface area contributed by atoms with Crippen LogP contribution in [0.1, 0.15) is 24.2 Å². The lowest BCUT2D eigenvalue weighted by Crippen LogP contribution is -2.46. The van der Waals surface area contributed by atoms with Crippen LogP contribution in [0.4, 0.5) is 0 Å². The minimum absolute atomic E-state index is 0.0354. The molecular weight excluding hydrogens is 262 g/mol. The number of hydrogen-bond donors (Lipinski definition) is 4. The van der Waals surface area contributed by atoms with Gasteiger partial charge in [0.05, 0.1) is 19.3 Å². The molecule has 6 nitrogen and oxygen atoms in total. The van der Waals surface area contributed by atoms with E-state index in [1.807, 2.05) is 6.92 Å². The number of aliphatic hydroxyl groups is 2. The third-order valence-electron chi connectivity index (χ3n) is 3.08. The number of carboxylic acid groups (broad SMARTS) is 1. The maximum absolute atomic E-state index is 10.9. The number of nitrogens with one attached hydrogen (secondary N) is 1. The Bertz CT molecular complexity index is 461. The third kappa shape index (κ3) is 4.19. The second-order valence-electron chi connectivity index (χ2n) is 4.71. The van der Waals surface area contributed by atoms with E-state index >= 15 is 0 Å². The molecule has 3 atom stereocenters. The molecule has 20 heavy (non-hydrogen) atoms. The summed E-state index contributed by atoms with van der Waals surface area (Å²) in [6, 6.07) is 4.14. The molecule has 0 saturated heterocycles. The minimum Gasteiger partial charge on any atom is -0.496 e. The first kappa shape index (κ1) is 16.4. The van der Waals surface area contributed by atoms with Gasteiger partial charge in [-0.15, -0.1) is 0 Å². The van der Waals surface area contributed by atoms with Crippen molar-refractivity contribution in [2.24, 2.45) is 0 Å². The number of ether oxygens (including phenoxy) is 1. The second kappa shape index (κ2) is 7.23. The van der Waals surface area contributed by atoms with Crippen molar-refractivity contribution in [1.29, 1.82) is 0 Å². The number of carboxylic acids is 1. The van der Waals surface area contributed by atoms with Crippen LogP contribution in [0.15, 0.2) is 18.2 Å². The molecule has 3 unspecified atom stereocenters. The average Bonchev–Trinajstić information content (AvgIpc) is 2.37. The van der Waals surface area contributed by atoms with Gasteiger partial charge < -0.3 is 20.1 Å². The Balaban J connectivity index is 2.69. The summed E-state index contributed by atoms with van der Waals surface area (Å²) < 4.78 is 5.13. The first-order chi connectivity index (χ1) is 9.36. The van der Waals surface area contributed by atoms with Crippen molar-refractivity contribution in [3.05, 3.63) is 29.3 Å². The monoisotopic (exact) mass is 283 g/mol. The molecule has 0 amide bonds. The van der Waals surface area contributed by atoms with Crippen LogP contribution < -0.4 is 10.1 Å². The highest BCUT2D eigenvalue weighted by Gasteiger charge is 2.23. The Morgan fingerprint density at radius 3 is 2.50 bits per heavy atom. The van der Waals surface area contributed by atoms with Crippen LogP contribution in [-0.2, 0) is 4.79 Å². The van der Waals surface area contributed by atoms with Gasteiger partial charge in [0, 0.05) is 6.54 Å². The summed E-state index contributed by atoms with van der Waals surface area (Å²) in [6.45, 7) is 3.28. The quantitative estimate of drug-likeness (QED) is 0.580. The highest BCUT2D eigenvalue weighted by Crippen LogP contribution is 2.22. The molecule has 0 spiro atoms. The minimum atomic E-state index is -1.15. The molecule has 1 rings (SSSR count). The fourth-order valence-electron chi connectivity index (χ4n) is 1.93. The average molecular weight is 283 g/mol. The number of carbonyl (C=O) groups is 1. The van der Waals surface area contributed by atoms with Crippen molar-refractivity contribution < 1.29 is 24.9 Å². The molecule has 0 aliphatic carbocycles. The standard InChI is InChI=1S/C14H21NO5/c1-8-6-10(4-5-12(8)20-3)11(17)7-15-13(9(2)16)14(18)19/h4-6,9,11,13,15-17H,7H2,1-3H3,(H,18,19). The van der Waals surface area contributed by atoms with Gasteiger partial charge in [-0.3, -0.25) is 10.1 Å². The Labute approximate surface area is 118 Å². The van der Waals surface area contributed by atoms with Gasteiger partial charge >= 0.3 is 5.97 Å². The Hall–Kier alpha value is -1.63. The number of aliphatic carboxylic acids is 1. The van der Waals surface area contributed by atoms with Crippen molar-refractivity contribution in [2.75, 3.05) is 13.7 Å². The zero-order valence-electron chi connectivity index (χ0n) is 11.8. The van der Waals surface area contributed by atoms with Crippen molar-refractivity contribution in [3.8, 4) is 5.75 Å². The summed E-state index contributed by atoms with van der Waals surface area (Å²) in [5.41, 5.74) is 1.54. The Morgan fingerprint density at radius 2 is 2.05 bits per heavy atom. The first-order valence-corrected chi connectivity index (χ1v) is 6.33. The van der Waals surface area contributed by atoms with Gasteiger partial charge in [0.1, 0.15) is 11.8 Å². The molecule has 0 aliphatic rings. The molecule has 4 N–H and O–H groups in total. The number of aryl methyl sites for hydroxylation is 1. The lowest BCUT2D eigenvalue weighted by atomic mass is 10.0. The molecule has 0 heterocycles. The molecule has 0 aromatic heterocycles. The van der Waals surface area contributed by atoms with E-state index in [-0.39, 0.29) is 6.54 Å². The summed E-state index contributed by atoms with van der Waals surface area (Å²) in [5.74, 6) is -0.431. The van der Waals surface area contributed by atoms with Crippen molar-refractivity contribution >= 4 is 5.97 Å². The van der Waals surface area contributed by atoms with E-state index in [4.69, 9.17) is 9.84 Å². The maximum Gasteiger partial charge on any atom is 0.323 e. The lowest BCUT2D eigenvalue weighted by molar-refractivity contribution is -0.142. The summed E-state index contributed by atoms with van der Waals surface area (Å²) in [7, 11) is 1.57. The number of hydrogen-bond acceptors (Lipinski definition) is 5. The van der Waals surface area contributed by atoms with Crippen LogP contribution in [0.5, 0.6) is 5.75 Å². The molecule has 0 bridgehead atoms. The van der Waals surface area contributed by atoms with Gasteiger partial charge in [0.15, 0.2) is 0 Å². The Kier molecular flexibility index (Phi) is 5.94. The summed E-state index contributed by atoms with van der Waals surface area (Å²) in [4.78, 5) is 10.9. The lowest BCUT2D eigenvalue weighted by Gasteiger charge is -2.20. The number of benzene rings is 1. The number of rotatable bonds is 7. The van der Waals surface area contributed by atoms with Crippen LogP contribution in [-0.4, -0.2) is 47.1 Å². The predicted molar refractivity (Wildman–Crippen MR) is 73.8 cm³/mol. The van der Waals surface area contributed by atoms with E-state index in [2.05, 4.69) is 5.32 Å². The van der Waals surface area contributed by atoms with Gasteiger partial charge in [-0.2, -0.15) is 0 Å². The molecule has 6 heteroatoms. The van der Waals surface area contributed by atoms with Crippen LogP contribution >= 0.6 is 0 Å². The number of aliphatic hydroxyl groups excluding tert-OH is 2. The predicted octanol–water partition coefficient (Wildman–Crippen LogP) is 0.461. The van der Waals surface area contributed by atoms with Crippen molar-refractivity contribution in [1.82, 2.24) is 5.32 Å². The summed E-state index contributed by atoms with van der Waals surface area (Å²) in [6.07, 6.45) is -1.91. The molecule has 0 aliphatic heterocycles. The van der Waals surface area contributed by atoms with Crippen LogP contribution in [0, 0.1) is 6.92 Å². The summed E-state index contributed by atoms with van der Waals surface area (Å²) in [5, 5.41) is 30.9. The van der Waals surface area contributed by atoms with E-state index in [0.29, 0.717) is 5.56 Å². The fraction of sp³-hybridized carbons (Fsp3) is 0.500. The molecule has 0 radical (unpaired) electrons. The van der Waals surface area contributed by atoms with Crippen LogP contribution in [0.3, 0.4) is 0 Å².